The summed E-state index contributed by atoms with van der Waals surface area (Å²) in [6.07, 6.45) is 1.85. The van der Waals surface area contributed by atoms with Crippen molar-refractivity contribution in [2.45, 2.75) is 56.3 Å². The van der Waals surface area contributed by atoms with Crippen LogP contribution in [-0.2, 0) is 22.9 Å². The van der Waals surface area contributed by atoms with Gasteiger partial charge in [-0.15, -0.1) is 0 Å². The van der Waals surface area contributed by atoms with Gasteiger partial charge in [-0.2, -0.15) is 4.98 Å². The molecule has 3 aliphatic rings. The van der Waals surface area contributed by atoms with Crippen molar-refractivity contribution < 1.29 is 22.9 Å². The molecule has 3 heterocycles. The Bertz CT molecular complexity index is 779. The quantitative estimate of drug-likeness (QED) is 0.727. The van der Waals surface area contributed by atoms with Gasteiger partial charge >= 0.3 is 13.5 Å². The van der Waals surface area contributed by atoms with Crippen LogP contribution in [0.15, 0.2) is 17.1 Å². The van der Waals surface area contributed by atoms with E-state index in [-0.39, 0.29) is 18.5 Å². The van der Waals surface area contributed by atoms with Crippen LogP contribution in [0.3, 0.4) is 0 Å². The Morgan fingerprint density at radius 1 is 1.48 bits per heavy atom. The molecule has 1 saturated carbocycles. The smallest absolute Gasteiger partial charge is 0.383 e. The van der Waals surface area contributed by atoms with Crippen molar-refractivity contribution in [1.82, 2.24) is 9.55 Å². The fourth-order valence-electron chi connectivity index (χ4n) is 3.25. The lowest BCUT2D eigenvalue weighted by Gasteiger charge is -2.38. The highest BCUT2D eigenvalue weighted by Crippen LogP contribution is 2.59. The van der Waals surface area contributed by atoms with E-state index in [0.717, 1.165) is 19.3 Å². The fourth-order valence-corrected chi connectivity index (χ4v) is 4.97. The minimum absolute atomic E-state index is 0.00903. The Morgan fingerprint density at radius 2 is 2.24 bits per heavy atom. The molecule has 4 N–H and O–H groups in total. The van der Waals surface area contributed by atoms with E-state index < -0.39 is 37.5 Å². The number of anilines is 1. The number of nitrogens with zero attached hydrogens (tertiary/aromatic N) is 2. The third-order valence-electron chi connectivity index (χ3n) is 4.86. The average molecular weight is 372 g/mol. The highest BCUT2D eigenvalue weighted by atomic mass is 31.2. The normalized spacial score (nSPS) is 41.3. The molecule has 10 nitrogen and oxygen atoms in total. The summed E-state index contributed by atoms with van der Waals surface area (Å²) in [6.45, 7) is 1.68. The van der Waals surface area contributed by atoms with Crippen molar-refractivity contribution in [1.29, 1.82) is 0 Å². The van der Waals surface area contributed by atoms with Gasteiger partial charge in [-0.25, -0.2) is 9.36 Å². The molecule has 2 saturated heterocycles. The second-order valence-corrected chi connectivity index (χ2v) is 8.44. The maximum Gasteiger partial charge on any atom is 0.475 e. The summed E-state index contributed by atoms with van der Waals surface area (Å²) in [5.41, 5.74) is 10.2. The molecule has 1 aromatic heterocycles. The molecule has 1 aliphatic carbocycles. The Balaban J connectivity index is 1.59. The fraction of sp³-hybridized carbons (Fsp3) is 0.714. The van der Waals surface area contributed by atoms with Gasteiger partial charge in [0.2, 0.25) is 0 Å². The van der Waals surface area contributed by atoms with Gasteiger partial charge < -0.3 is 16.2 Å². The molecule has 0 aromatic carbocycles. The summed E-state index contributed by atoms with van der Waals surface area (Å²) in [5, 5.41) is 0. The van der Waals surface area contributed by atoms with Crippen molar-refractivity contribution in [3.05, 3.63) is 22.7 Å². The number of hydrogen-bond donors (Lipinski definition) is 2. The molecule has 5 unspecified atom stereocenters. The van der Waals surface area contributed by atoms with Crippen molar-refractivity contribution in [2.75, 3.05) is 12.3 Å². The van der Waals surface area contributed by atoms with Crippen LogP contribution in [-0.4, -0.2) is 40.0 Å². The molecule has 3 fully saturated rings. The van der Waals surface area contributed by atoms with Gasteiger partial charge in [-0.1, -0.05) is 0 Å². The van der Waals surface area contributed by atoms with Crippen LogP contribution < -0.4 is 17.2 Å². The third-order valence-corrected chi connectivity index (χ3v) is 6.37. The van der Waals surface area contributed by atoms with E-state index in [1.165, 1.54) is 16.8 Å². The third kappa shape index (κ3) is 2.92. The molecular formula is C14H21N4O6P. The second kappa shape index (κ2) is 5.87. The topological polar surface area (TPSA) is 141 Å². The number of phosphoric acid groups is 1. The molecule has 11 heteroatoms. The predicted molar refractivity (Wildman–Crippen MR) is 86.6 cm³/mol. The number of nitrogens with two attached hydrogens (primary N) is 2. The molecule has 2 aliphatic heterocycles. The minimum Gasteiger partial charge on any atom is -0.383 e. The molecule has 138 valence electrons. The largest absolute Gasteiger partial charge is 0.475 e. The van der Waals surface area contributed by atoms with E-state index in [4.69, 9.17) is 29.8 Å². The van der Waals surface area contributed by atoms with E-state index in [2.05, 4.69) is 4.98 Å². The summed E-state index contributed by atoms with van der Waals surface area (Å²) >= 11 is 0. The first-order valence-electron chi connectivity index (χ1n) is 8.19. The summed E-state index contributed by atoms with van der Waals surface area (Å²) < 4.78 is 36.3. The minimum atomic E-state index is -3.71. The monoisotopic (exact) mass is 372 g/mol. The summed E-state index contributed by atoms with van der Waals surface area (Å²) in [4.78, 5) is 15.8. The zero-order valence-electron chi connectivity index (χ0n) is 13.7. The van der Waals surface area contributed by atoms with Gasteiger partial charge in [0.1, 0.15) is 18.0 Å². The van der Waals surface area contributed by atoms with E-state index in [1.807, 2.05) is 0 Å². The number of rotatable bonds is 3. The van der Waals surface area contributed by atoms with Gasteiger partial charge in [0, 0.05) is 6.20 Å². The Labute approximate surface area is 144 Å². The van der Waals surface area contributed by atoms with Gasteiger partial charge in [0.25, 0.3) is 0 Å². The molecule has 25 heavy (non-hydrogen) atoms. The molecule has 0 spiro atoms. The van der Waals surface area contributed by atoms with Crippen LogP contribution in [0.25, 0.3) is 0 Å². The average Bonchev–Trinajstić information content (AvgIpc) is 2.75. The SMILES string of the molecule is CC1(N)C2OP(=O)(OC3CCC3)OCC2OC1n1ccc(N)nc1=O. The van der Waals surface area contributed by atoms with Gasteiger partial charge in [0.05, 0.1) is 18.2 Å². The van der Waals surface area contributed by atoms with E-state index in [9.17, 15) is 9.36 Å². The van der Waals surface area contributed by atoms with Crippen molar-refractivity contribution in [3.8, 4) is 0 Å². The van der Waals surface area contributed by atoms with Crippen LogP contribution >= 0.6 is 7.82 Å². The summed E-state index contributed by atoms with van der Waals surface area (Å²) in [5.74, 6) is 0.105. The van der Waals surface area contributed by atoms with Gasteiger partial charge in [-0.05, 0) is 32.3 Å². The lowest BCUT2D eigenvalue weighted by Crippen LogP contribution is -2.55. The van der Waals surface area contributed by atoms with Crippen LogP contribution in [0.1, 0.15) is 32.4 Å². The Hall–Kier alpha value is -1.29. The van der Waals surface area contributed by atoms with E-state index >= 15 is 0 Å². The number of fused-ring (bicyclic) bond motifs is 1. The molecule has 0 amide bonds. The first-order valence-corrected chi connectivity index (χ1v) is 9.65. The molecular weight excluding hydrogens is 351 g/mol. The number of phosphoric ester groups is 1. The zero-order valence-corrected chi connectivity index (χ0v) is 14.6. The highest BCUT2D eigenvalue weighted by Gasteiger charge is 2.59. The van der Waals surface area contributed by atoms with Crippen LogP contribution in [0.2, 0.25) is 0 Å². The lowest BCUT2D eigenvalue weighted by atomic mass is 9.93. The molecule has 5 atom stereocenters. The van der Waals surface area contributed by atoms with Crippen LogP contribution in [0, 0.1) is 0 Å². The first-order chi connectivity index (χ1) is 11.8. The second-order valence-electron chi connectivity index (χ2n) is 6.86. The van der Waals surface area contributed by atoms with Crippen LogP contribution in [0.4, 0.5) is 5.82 Å². The van der Waals surface area contributed by atoms with E-state index in [0.29, 0.717) is 0 Å². The standard InChI is InChI=1S/C14H21N4O6P/c1-14(16)11-9(7-21-25(20,24-11)23-8-3-2-4-8)22-12(14)18-6-5-10(15)17-13(18)19/h5-6,8-9,11-12H,2-4,7,16H2,1H3,(H2,15,17,19). The van der Waals surface area contributed by atoms with Gasteiger partial charge in [0.15, 0.2) is 6.23 Å². The lowest BCUT2D eigenvalue weighted by molar-refractivity contribution is -0.0799. The molecule has 0 bridgehead atoms. The highest BCUT2D eigenvalue weighted by molar-refractivity contribution is 7.48. The number of aromatic nitrogens is 2. The Kier molecular flexibility index (Phi) is 4.02. The predicted octanol–water partition coefficient (Wildman–Crippen LogP) is 0.533. The first kappa shape index (κ1) is 17.1. The summed E-state index contributed by atoms with van der Waals surface area (Å²) in [7, 11) is -3.71. The zero-order chi connectivity index (χ0) is 17.8. The number of ether oxygens (including phenoxy) is 1. The van der Waals surface area contributed by atoms with Crippen molar-refractivity contribution >= 4 is 13.6 Å². The summed E-state index contributed by atoms with van der Waals surface area (Å²) in [6, 6.07) is 1.48. The molecule has 1 aromatic rings. The van der Waals surface area contributed by atoms with Crippen molar-refractivity contribution in [2.24, 2.45) is 5.73 Å². The maximum atomic E-state index is 12.7. The maximum absolute atomic E-state index is 12.7. The van der Waals surface area contributed by atoms with Crippen LogP contribution in [0.5, 0.6) is 0 Å². The number of hydrogen-bond acceptors (Lipinski definition) is 9. The number of nitrogen functional groups attached to an aromatic ring is 1. The van der Waals surface area contributed by atoms with Crippen molar-refractivity contribution in [3.63, 3.8) is 0 Å². The van der Waals surface area contributed by atoms with E-state index in [1.54, 1.807) is 6.92 Å². The molecule has 4 rings (SSSR count). The Morgan fingerprint density at radius 3 is 2.88 bits per heavy atom. The molecule has 0 radical (unpaired) electrons. The van der Waals surface area contributed by atoms with Gasteiger partial charge in [-0.3, -0.25) is 18.1 Å².